The van der Waals surface area contributed by atoms with Gasteiger partial charge in [-0.25, -0.2) is 17.8 Å². The van der Waals surface area contributed by atoms with Crippen molar-refractivity contribution in [2.24, 2.45) is 0 Å². The molecule has 3 aliphatic rings. The average molecular weight is 747 g/mol. The van der Waals surface area contributed by atoms with E-state index in [1.807, 2.05) is 0 Å². The van der Waals surface area contributed by atoms with Gasteiger partial charge in [0.1, 0.15) is 12.9 Å². The van der Waals surface area contributed by atoms with E-state index in [1.54, 1.807) is 11.1 Å². The lowest BCUT2D eigenvalue weighted by Crippen LogP contribution is -2.57. The van der Waals surface area contributed by atoms with Crippen LogP contribution >= 0.6 is 14.9 Å². The summed E-state index contributed by atoms with van der Waals surface area (Å²) in [7, 11) is -10.3. The maximum Gasteiger partial charge on any atom is 0.485 e. The number of hydrogen-bond donors (Lipinski definition) is 0. The number of halogens is 3. The number of hydrogen-bond acceptors (Lipinski definition) is 9. The second-order valence-electron chi connectivity index (χ2n) is 15.5. The minimum absolute atomic E-state index is 0.448. The third-order valence-corrected chi connectivity index (χ3v) is 21.1. The number of alkyl halides is 3. The zero-order valence-corrected chi connectivity index (χ0v) is 35.2. The van der Waals surface area contributed by atoms with Crippen molar-refractivity contribution in [3.63, 3.8) is 0 Å². The van der Waals surface area contributed by atoms with Gasteiger partial charge in [0.2, 0.25) is 7.56 Å². The fourth-order valence-corrected chi connectivity index (χ4v) is 22.6. The summed E-state index contributed by atoms with van der Waals surface area (Å²) in [6, 6.07) is 3.63. The first-order valence-electron chi connectivity index (χ1n) is 17.8. The molecule has 9 nitrogen and oxygen atoms in total. The highest BCUT2D eigenvalue weighted by Gasteiger charge is 2.67. The molecular weight excluding hydrogens is 679 g/mol. The predicted octanol–water partition coefficient (Wildman–Crippen LogP) is 8.48. The van der Waals surface area contributed by atoms with Crippen molar-refractivity contribution in [2.45, 2.75) is 177 Å². The van der Waals surface area contributed by atoms with E-state index >= 15 is 0 Å². The maximum atomic E-state index is 10.7. The Balaban J connectivity index is 0.000000886. The van der Waals surface area contributed by atoms with E-state index in [1.165, 1.54) is 25.9 Å². The summed E-state index contributed by atoms with van der Waals surface area (Å²) in [5.41, 5.74) is -2.54. The topological polar surface area (TPSA) is 76.6 Å². The van der Waals surface area contributed by atoms with Crippen LogP contribution in [0.15, 0.2) is 11.1 Å². The Morgan fingerprint density at radius 3 is 1.33 bits per heavy atom. The van der Waals surface area contributed by atoms with Crippen LogP contribution in [0.3, 0.4) is 0 Å². The normalized spacial score (nSPS) is 19.9. The summed E-state index contributed by atoms with van der Waals surface area (Å²) in [6.07, 6.45) is 2.46. The Hall–Kier alpha value is -0.390. The molecule has 1 saturated heterocycles. The van der Waals surface area contributed by atoms with Crippen molar-refractivity contribution < 1.29 is 26.1 Å². The minimum Gasteiger partial charge on any atom is -0.741 e. The van der Waals surface area contributed by atoms with Gasteiger partial charge in [0.15, 0.2) is 21.3 Å². The van der Waals surface area contributed by atoms with Crippen LogP contribution in [0.5, 0.6) is 0 Å². The highest BCUT2D eigenvalue weighted by Crippen LogP contribution is 2.83. The lowest BCUT2D eigenvalue weighted by atomic mass is 10.3. The highest BCUT2D eigenvalue weighted by molar-refractivity contribution is 8.00. The van der Waals surface area contributed by atoms with Crippen LogP contribution in [0.1, 0.15) is 124 Å². The van der Waals surface area contributed by atoms with Crippen molar-refractivity contribution in [1.82, 2.24) is 28.3 Å². The lowest BCUT2D eigenvalue weighted by Gasteiger charge is -2.62. The fourth-order valence-electron chi connectivity index (χ4n) is 8.79. The maximum absolute atomic E-state index is 10.7. The molecule has 0 atom stereocenters. The first-order chi connectivity index (χ1) is 21.7. The second-order valence-corrected chi connectivity index (χ2v) is 23.2. The first kappa shape index (κ1) is 43.8. The predicted molar refractivity (Wildman–Crippen MR) is 199 cm³/mol. The van der Waals surface area contributed by atoms with Gasteiger partial charge < -0.3 is 14.1 Å². The van der Waals surface area contributed by atoms with Gasteiger partial charge in [-0.1, -0.05) is 0 Å². The Morgan fingerprint density at radius 2 is 1.04 bits per heavy atom. The molecule has 284 valence electrons. The molecule has 0 aromatic carbocycles. The molecular formula is C33H67F3N6O3P2S. The molecule has 0 N–H and O–H groups in total. The molecule has 0 unspecified atom stereocenters. The van der Waals surface area contributed by atoms with Crippen LogP contribution in [0.4, 0.5) is 13.2 Å². The van der Waals surface area contributed by atoms with Crippen LogP contribution in [0, 0.1) is 0 Å². The number of nitrogens with zero attached hydrogens (tertiary/aromatic N) is 6. The number of rotatable bonds is 12. The summed E-state index contributed by atoms with van der Waals surface area (Å²) in [6.45, 7) is 42.9. The SMILES string of the molecule is CC(C)N(C(C)C)P1(N(C(C)C)C(C)C)=C[P+](N(C(C)C)C(C)C)(N(C(C)C)C(C)C)C2=C3N(CCCN31)CC2.O=S(=O)([O-])C(F)(F)F. The molecule has 0 amide bonds. The molecule has 3 heterocycles. The molecule has 48 heavy (non-hydrogen) atoms. The van der Waals surface area contributed by atoms with Crippen molar-refractivity contribution in [2.75, 3.05) is 19.6 Å². The molecule has 0 aromatic heterocycles. The van der Waals surface area contributed by atoms with Crippen molar-refractivity contribution in [3.05, 3.63) is 11.1 Å². The summed E-state index contributed by atoms with van der Waals surface area (Å²) < 4.78 is 73.9. The van der Waals surface area contributed by atoms with Crippen LogP contribution in [-0.2, 0) is 10.1 Å². The monoisotopic (exact) mass is 746 g/mol. The van der Waals surface area contributed by atoms with Gasteiger partial charge in [-0.05, 0) is 117 Å². The molecule has 0 aliphatic carbocycles. The molecule has 15 heteroatoms. The highest BCUT2D eigenvalue weighted by atomic mass is 32.2. The molecule has 0 aromatic rings. The zero-order chi connectivity index (χ0) is 37.5. The molecule has 0 saturated carbocycles. The minimum atomic E-state index is -6.09. The first-order valence-corrected chi connectivity index (χ1v) is 22.7. The van der Waals surface area contributed by atoms with Gasteiger partial charge in [0, 0.05) is 74.4 Å². The van der Waals surface area contributed by atoms with E-state index in [2.05, 4.69) is 145 Å². The summed E-state index contributed by atoms with van der Waals surface area (Å²) >= 11 is 0. The smallest absolute Gasteiger partial charge is 0.485 e. The standard InChI is InChI=1S/C32H67N6P2.CHF3O3S/c1-23(2)35(24(3)4)39(36(25(5)6)26(7)8)22-40(37(27(9)10)28(11)12,38(29(13)14)30(15)16)34-20-17-19-33-21-18-31(39)32(33)34;2-1(3,4)8(5,6)7/h22-30H,17-21H2,1-16H3;(H,5,6,7)/q+1;/p-1. The van der Waals surface area contributed by atoms with E-state index in [0.717, 1.165) is 6.54 Å². The zero-order valence-electron chi connectivity index (χ0n) is 32.6. The van der Waals surface area contributed by atoms with E-state index in [9.17, 15) is 13.2 Å². The van der Waals surface area contributed by atoms with Gasteiger partial charge in [-0.2, -0.15) is 13.2 Å². The van der Waals surface area contributed by atoms with Crippen molar-refractivity contribution >= 4 is 30.6 Å². The van der Waals surface area contributed by atoms with Crippen molar-refractivity contribution in [3.8, 4) is 0 Å². The third-order valence-electron chi connectivity index (χ3n) is 9.19. The van der Waals surface area contributed by atoms with Crippen LogP contribution < -0.4 is 0 Å². The molecule has 3 rings (SSSR count). The Morgan fingerprint density at radius 1 is 0.688 bits per heavy atom. The van der Waals surface area contributed by atoms with E-state index in [4.69, 9.17) is 13.0 Å². The largest absolute Gasteiger partial charge is 0.741 e. The van der Waals surface area contributed by atoms with Gasteiger partial charge >= 0.3 is 5.51 Å². The summed E-state index contributed by atoms with van der Waals surface area (Å²) in [4.78, 5) is 2.81. The lowest BCUT2D eigenvalue weighted by molar-refractivity contribution is -0.0517. The summed E-state index contributed by atoms with van der Waals surface area (Å²) in [5.74, 6) is 1.63. The Kier molecular flexibility index (Phi) is 14.7. The van der Waals surface area contributed by atoms with E-state index in [0.29, 0.717) is 48.3 Å². The van der Waals surface area contributed by atoms with Crippen LogP contribution in [0.2, 0.25) is 0 Å². The second kappa shape index (κ2) is 16.1. The van der Waals surface area contributed by atoms with E-state index < -0.39 is 30.5 Å². The van der Waals surface area contributed by atoms with E-state index in [-0.39, 0.29) is 0 Å². The molecule has 0 spiro atoms. The van der Waals surface area contributed by atoms with Gasteiger partial charge in [0.25, 0.3) is 0 Å². The fraction of sp³-hybridized carbons (Fsp3) is 0.909. The van der Waals surface area contributed by atoms with Gasteiger partial charge in [-0.15, -0.1) is 9.34 Å². The summed E-state index contributed by atoms with van der Waals surface area (Å²) in [5, 5.41) is 1.77. The molecule has 0 radical (unpaired) electrons. The molecule has 1 fully saturated rings. The molecule has 3 aliphatic heterocycles. The quantitative estimate of drug-likeness (QED) is 0.111. The third kappa shape index (κ3) is 8.14. The Bertz CT molecular complexity index is 1210. The van der Waals surface area contributed by atoms with Crippen LogP contribution in [-0.4, -0.2) is 120 Å². The average Bonchev–Trinajstić information content (AvgIpc) is 3.30. The van der Waals surface area contributed by atoms with Gasteiger partial charge in [0.05, 0.1) is 0 Å². The van der Waals surface area contributed by atoms with Gasteiger partial charge in [-0.3, -0.25) is 0 Å². The molecule has 0 bridgehead atoms. The Labute approximate surface area is 292 Å². The van der Waals surface area contributed by atoms with Crippen LogP contribution in [0.25, 0.3) is 0 Å². The van der Waals surface area contributed by atoms with Crippen molar-refractivity contribution in [1.29, 1.82) is 0 Å².